The molecule has 4 amide bonds. The number of para-hydroxylation sites is 1. The Kier molecular flexibility index (Phi) is 8.12. The van der Waals surface area contributed by atoms with Gasteiger partial charge in [-0.1, -0.05) is 30.4 Å². The fraction of sp³-hybridized carbons (Fsp3) is 0.552. The number of piperidine rings is 1. The van der Waals surface area contributed by atoms with Gasteiger partial charge in [0.15, 0.2) is 6.10 Å². The van der Waals surface area contributed by atoms with Crippen molar-refractivity contribution in [3.05, 3.63) is 52.9 Å². The molecule has 4 heterocycles. The average Bonchev–Trinajstić information content (AvgIpc) is 3.50. The van der Waals surface area contributed by atoms with Gasteiger partial charge >= 0.3 is 12.1 Å². The molecule has 4 radical (unpaired) electrons. The van der Waals surface area contributed by atoms with Gasteiger partial charge in [-0.05, 0) is 43.2 Å². The first-order chi connectivity index (χ1) is 19.9. The third-order valence-electron chi connectivity index (χ3n) is 9.15. The van der Waals surface area contributed by atoms with Gasteiger partial charge in [0.25, 0.3) is 5.91 Å². The Hall–Kier alpha value is -3.24. The number of rotatable bonds is 6. The lowest BCUT2D eigenvalue weighted by Gasteiger charge is -2.38. The molecule has 0 saturated carbocycles. The Labute approximate surface area is 243 Å². The predicted molar refractivity (Wildman–Crippen MR) is 156 cm³/mol. The average molecular weight is 554 g/mol. The van der Waals surface area contributed by atoms with Gasteiger partial charge in [-0.25, -0.2) is 9.59 Å². The standard InChI is InChI=1S/C29H36B2N6O4/c30-23-6-5-20(26(23)31)15-25(27(38)35-13-10-22(16-35)36-17-32-18-36)41-29(40)34-11-8-21(9-12-34)37-14-7-19-3-1-2-4-24(19)33-28(37)39/h1-6,20-22,25,32H,7-18H2,(H,33,39). The van der Waals surface area contributed by atoms with Crippen LogP contribution in [0.3, 0.4) is 0 Å². The number of hydrogen-bond donors (Lipinski definition) is 2. The minimum atomic E-state index is -0.956. The molecule has 5 aliphatic rings. The number of nitrogens with one attached hydrogen (secondary N) is 2. The van der Waals surface area contributed by atoms with Gasteiger partial charge in [-0.3, -0.25) is 15.0 Å². The van der Waals surface area contributed by atoms with E-state index in [9.17, 15) is 14.4 Å². The molecule has 41 heavy (non-hydrogen) atoms. The summed E-state index contributed by atoms with van der Waals surface area (Å²) in [5.74, 6) is -0.442. The van der Waals surface area contributed by atoms with E-state index in [1.54, 1.807) is 11.0 Å². The van der Waals surface area contributed by atoms with Crippen LogP contribution in [0.25, 0.3) is 0 Å². The maximum absolute atomic E-state index is 13.7. The lowest BCUT2D eigenvalue weighted by Crippen LogP contribution is -2.57. The molecule has 1 aromatic rings. The normalized spacial score (nSPS) is 26.0. The molecule has 212 valence electrons. The molecule has 12 heteroatoms. The molecule has 1 aromatic carbocycles. The zero-order valence-corrected chi connectivity index (χ0v) is 23.3. The summed E-state index contributed by atoms with van der Waals surface area (Å²) >= 11 is 0. The summed E-state index contributed by atoms with van der Waals surface area (Å²) in [5, 5.41) is 6.27. The van der Waals surface area contributed by atoms with Gasteiger partial charge in [0.05, 0.1) is 13.3 Å². The predicted octanol–water partition coefficient (Wildman–Crippen LogP) is 1.59. The minimum Gasteiger partial charge on any atom is -0.436 e. The molecule has 3 saturated heterocycles. The van der Waals surface area contributed by atoms with Crippen LogP contribution < -0.4 is 10.6 Å². The first-order valence-corrected chi connectivity index (χ1v) is 14.7. The van der Waals surface area contributed by atoms with Crippen LogP contribution in [-0.2, 0) is 16.0 Å². The topological polar surface area (TPSA) is 97.5 Å². The van der Waals surface area contributed by atoms with Crippen molar-refractivity contribution in [1.29, 1.82) is 0 Å². The van der Waals surface area contributed by atoms with Crippen molar-refractivity contribution >= 4 is 39.4 Å². The second-order valence-electron chi connectivity index (χ2n) is 11.6. The molecular formula is C29H36B2N6O4. The quantitative estimate of drug-likeness (QED) is 0.519. The lowest BCUT2D eigenvalue weighted by molar-refractivity contribution is -0.140. The minimum absolute atomic E-state index is 0.0276. The Bertz CT molecular complexity index is 1250. The molecule has 2 N–H and O–H groups in total. The highest BCUT2D eigenvalue weighted by Crippen LogP contribution is 2.29. The first kappa shape index (κ1) is 27.9. The van der Waals surface area contributed by atoms with Gasteiger partial charge in [0, 0.05) is 56.9 Å². The summed E-state index contributed by atoms with van der Waals surface area (Å²) in [6.07, 6.45) is 5.38. The Morgan fingerprint density at radius 2 is 1.73 bits per heavy atom. The molecule has 10 nitrogen and oxygen atoms in total. The molecule has 3 atom stereocenters. The van der Waals surface area contributed by atoms with Crippen LogP contribution in [-0.4, -0.2) is 118 Å². The van der Waals surface area contributed by atoms with Crippen LogP contribution in [0.1, 0.15) is 31.2 Å². The van der Waals surface area contributed by atoms with E-state index in [2.05, 4.69) is 15.5 Å². The number of carbonyl (C=O) groups excluding carboxylic acids is 3. The van der Waals surface area contributed by atoms with E-state index >= 15 is 0 Å². The van der Waals surface area contributed by atoms with Gasteiger partial charge in [-0.2, -0.15) is 0 Å². The highest BCUT2D eigenvalue weighted by molar-refractivity contribution is 6.33. The zero-order chi connectivity index (χ0) is 28.5. The number of anilines is 1. The van der Waals surface area contributed by atoms with Crippen LogP contribution in [0.2, 0.25) is 0 Å². The molecule has 4 aliphatic heterocycles. The van der Waals surface area contributed by atoms with E-state index in [1.165, 1.54) is 0 Å². The van der Waals surface area contributed by atoms with E-state index in [1.807, 2.05) is 40.1 Å². The molecule has 6 rings (SSSR count). The van der Waals surface area contributed by atoms with E-state index < -0.39 is 12.2 Å². The SMILES string of the molecule is [B]C1=C([B])C(CC(OC(=O)N2CCC(N3CCc4ccccc4NC3=O)CC2)C(=O)N2CCC(N3CNC3)C2)C=C1. The third kappa shape index (κ3) is 5.90. The summed E-state index contributed by atoms with van der Waals surface area (Å²) in [6, 6.07) is 8.11. The van der Waals surface area contributed by atoms with Crippen LogP contribution >= 0.6 is 0 Å². The molecule has 3 unspecified atom stereocenters. The van der Waals surface area contributed by atoms with Gasteiger partial charge < -0.3 is 24.8 Å². The lowest BCUT2D eigenvalue weighted by atomic mass is 9.76. The van der Waals surface area contributed by atoms with E-state index in [0.717, 1.165) is 37.4 Å². The Balaban J connectivity index is 1.07. The summed E-state index contributed by atoms with van der Waals surface area (Å²) in [6.45, 7) is 4.46. The maximum Gasteiger partial charge on any atom is 0.410 e. The van der Waals surface area contributed by atoms with Gasteiger partial charge in [0.1, 0.15) is 15.7 Å². The number of likely N-dealkylation sites (tertiary alicyclic amines) is 2. The van der Waals surface area contributed by atoms with E-state index in [-0.39, 0.29) is 30.3 Å². The van der Waals surface area contributed by atoms with Crippen molar-refractivity contribution in [2.24, 2.45) is 5.92 Å². The molecule has 3 fully saturated rings. The van der Waals surface area contributed by atoms with Crippen LogP contribution in [0.5, 0.6) is 0 Å². The van der Waals surface area contributed by atoms with Gasteiger partial charge in [-0.15, -0.1) is 10.9 Å². The van der Waals surface area contributed by atoms with Crippen molar-refractivity contribution in [3.63, 3.8) is 0 Å². The number of amides is 4. The number of fused-ring (bicyclic) bond motifs is 1. The first-order valence-electron chi connectivity index (χ1n) is 14.7. The number of benzene rings is 1. The number of carbonyl (C=O) groups is 3. The van der Waals surface area contributed by atoms with Crippen molar-refractivity contribution in [3.8, 4) is 0 Å². The number of urea groups is 1. The van der Waals surface area contributed by atoms with Crippen LogP contribution in [0.15, 0.2) is 47.4 Å². The summed E-state index contributed by atoms with van der Waals surface area (Å²) in [5.41, 5.74) is 2.97. The number of nitrogens with zero attached hydrogens (tertiary/aromatic N) is 4. The fourth-order valence-corrected chi connectivity index (χ4v) is 6.51. The highest BCUT2D eigenvalue weighted by atomic mass is 16.6. The number of hydrogen-bond acceptors (Lipinski definition) is 6. The van der Waals surface area contributed by atoms with E-state index in [0.29, 0.717) is 62.6 Å². The molecule has 1 aliphatic carbocycles. The Morgan fingerprint density at radius 3 is 2.44 bits per heavy atom. The van der Waals surface area contributed by atoms with Gasteiger partial charge in [0.2, 0.25) is 0 Å². The Morgan fingerprint density at radius 1 is 1.00 bits per heavy atom. The van der Waals surface area contributed by atoms with Crippen LogP contribution in [0.4, 0.5) is 15.3 Å². The second kappa shape index (κ2) is 11.9. The number of allylic oxidation sites excluding steroid dienone is 4. The monoisotopic (exact) mass is 554 g/mol. The maximum atomic E-state index is 13.7. The molecule has 0 spiro atoms. The smallest absolute Gasteiger partial charge is 0.410 e. The molecule has 0 bridgehead atoms. The van der Waals surface area contributed by atoms with Crippen LogP contribution in [0, 0.1) is 5.92 Å². The van der Waals surface area contributed by atoms with Crippen molar-refractivity contribution in [1.82, 2.24) is 24.9 Å². The zero-order valence-electron chi connectivity index (χ0n) is 23.3. The fourth-order valence-electron chi connectivity index (χ4n) is 6.51. The highest BCUT2D eigenvalue weighted by Gasteiger charge is 2.39. The largest absolute Gasteiger partial charge is 0.436 e. The summed E-state index contributed by atoms with van der Waals surface area (Å²) in [7, 11) is 12.2. The summed E-state index contributed by atoms with van der Waals surface area (Å²) in [4.78, 5) is 47.7. The molecule has 0 aromatic heterocycles. The third-order valence-corrected chi connectivity index (χ3v) is 9.15. The van der Waals surface area contributed by atoms with Crippen molar-refractivity contribution < 1.29 is 19.1 Å². The van der Waals surface area contributed by atoms with E-state index in [4.69, 9.17) is 20.4 Å². The van der Waals surface area contributed by atoms with Crippen molar-refractivity contribution in [2.75, 3.05) is 51.4 Å². The van der Waals surface area contributed by atoms with Crippen molar-refractivity contribution in [2.45, 2.75) is 50.3 Å². The number of ether oxygens (including phenoxy) is 1. The molecular weight excluding hydrogens is 518 g/mol. The summed E-state index contributed by atoms with van der Waals surface area (Å²) < 4.78 is 5.93. The second-order valence-corrected chi connectivity index (χ2v) is 11.6.